The van der Waals surface area contributed by atoms with Crippen molar-refractivity contribution in [1.29, 1.82) is 0 Å². The number of nitrogens with two attached hydrogens (primary N) is 2. The fraction of sp³-hybridized carbons (Fsp3) is 0.714. The van der Waals surface area contributed by atoms with E-state index in [1.165, 1.54) is 11.2 Å². The molecule has 0 amide bonds. The van der Waals surface area contributed by atoms with E-state index in [1.807, 2.05) is 0 Å². The Labute approximate surface area is 79.1 Å². The molecule has 6 heteroatoms. The van der Waals surface area contributed by atoms with Gasteiger partial charge >= 0.3 is 0 Å². The highest BCUT2D eigenvalue weighted by Gasteiger charge is 2.15. The van der Waals surface area contributed by atoms with Gasteiger partial charge in [0.2, 0.25) is 7.37 Å². The first-order valence-electron chi connectivity index (χ1n) is 4.02. The predicted octanol–water partition coefficient (Wildman–Crippen LogP) is 0.536. The van der Waals surface area contributed by atoms with E-state index in [9.17, 15) is 4.57 Å². The van der Waals surface area contributed by atoms with E-state index in [1.54, 1.807) is 20.6 Å². The summed E-state index contributed by atoms with van der Waals surface area (Å²) in [6.07, 6.45) is 1.76. The molecule has 0 aliphatic heterocycles. The summed E-state index contributed by atoms with van der Waals surface area (Å²) in [6, 6.07) is 0. The number of rotatable bonds is 5. The summed E-state index contributed by atoms with van der Waals surface area (Å²) in [4.78, 5) is 0. The lowest BCUT2D eigenvalue weighted by molar-refractivity contribution is 0.338. The van der Waals surface area contributed by atoms with Crippen molar-refractivity contribution in [2.24, 2.45) is 11.6 Å². The van der Waals surface area contributed by atoms with E-state index >= 15 is 0 Å². The standard InChI is InChI=1S/C7H18N3O2P/c1-4-12-13(3,11)6-7(8)5-10(2)9/h5H,4,6,8-9H2,1-3H3/b7-5-. The van der Waals surface area contributed by atoms with Crippen LogP contribution in [0.5, 0.6) is 0 Å². The Morgan fingerprint density at radius 3 is 2.62 bits per heavy atom. The van der Waals surface area contributed by atoms with Gasteiger partial charge in [0.25, 0.3) is 0 Å². The van der Waals surface area contributed by atoms with Crippen LogP contribution in [0.2, 0.25) is 0 Å². The van der Waals surface area contributed by atoms with Crippen molar-refractivity contribution in [2.45, 2.75) is 6.92 Å². The lowest BCUT2D eigenvalue weighted by Gasteiger charge is -2.13. The van der Waals surface area contributed by atoms with E-state index in [-0.39, 0.29) is 6.16 Å². The Balaban J connectivity index is 4.19. The lowest BCUT2D eigenvalue weighted by atomic mass is 10.5. The topological polar surface area (TPSA) is 81.6 Å². The minimum Gasteiger partial charge on any atom is -0.400 e. The van der Waals surface area contributed by atoms with Gasteiger partial charge in [0, 0.05) is 25.6 Å². The highest BCUT2D eigenvalue weighted by Crippen LogP contribution is 2.43. The molecule has 4 N–H and O–H groups in total. The van der Waals surface area contributed by atoms with Crippen LogP contribution in [0.3, 0.4) is 0 Å². The molecule has 1 atom stereocenters. The van der Waals surface area contributed by atoms with Crippen LogP contribution in [0.1, 0.15) is 6.92 Å². The molecule has 0 aliphatic rings. The normalized spacial score (nSPS) is 16.8. The second kappa shape index (κ2) is 5.27. The number of hydrazine groups is 1. The Morgan fingerprint density at radius 2 is 2.23 bits per heavy atom. The molecule has 0 radical (unpaired) electrons. The monoisotopic (exact) mass is 207 g/mol. The highest BCUT2D eigenvalue weighted by molar-refractivity contribution is 7.58. The molecule has 13 heavy (non-hydrogen) atoms. The van der Waals surface area contributed by atoms with E-state index in [0.717, 1.165) is 0 Å². The lowest BCUT2D eigenvalue weighted by Crippen LogP contribution is -2.21. The Morgan fingerprint density at radius 1 is 1.69 bits per heavy atom. The van der Waals surface area contributed by atoms with Crippen LogP contribution in [0.4, 0.5) is 0 Å². The maximum absolute atomic E-state index is 11.6. The number of hydrogen-bond donors (Lipinski definition) is 2. The summed E-state index contributed by atoms with van der Waals surface area (Å²) in [5.41, 5.74) is 6.04. The summed E-state index contributed by atoms with van der Waals surface area (Å²) >= 11 is 0. The molecule has 0 rings (SSSR count). The van der Waals surface area contributed by atoms with Crippen LogP contribution >= 0.6 is 7.37 Å². The SMILES string of the molecule is CCOP(C)(=O)C/C(N)=C/N(C)N. The van der Waals surface area contributed by atoms with Crippen LogP contribution in [0.25, 0.3) is 0 Å². The molecule has 0 aromatic carbocycles. The van der Waals surface area contributed by atoms with Crippen molar-refractivity contribution >= 4 is 7.37 Å². The zero-order chi connectivity index (χ0) is 10.5. The van der Waals surface area contributed by atoms with Crippen LogP contribution in [0, 0.1) is 0 Å². The molecule has 5 nitrogen and oxygen atoms in total. The molecule has 1 unspecified atom stereocenters. The first-order valence-corrected chi connectivity index (χ1v) is 6.28. The van der Waals surface area contributed by atoms with Crippen LogP contribution < -0.4 is 11.6 Å². The van der Waals surface area contributed by atoms with Gasteiger partial charge < -0.3 is 15.3 Å². The van der Waals surface area contributed by atoms with Crippen molar-refractivity contribution in [3.05, 3.63) is 11.9 Å². The average molecular weight is 207 g/mol. The second-order valence-electron chi connectivity index (χ2n) is 2.96. The van der Waals surface area contributed by atoms with Gasteiger partial charge in [0.05, 0.1) is 12.8 Å². The maximum atomic E-state index is 11.6. The molecular weight excluding hydrogens is 189 g/mol. The zero-order valence-electron chi connectivity index (χ0n) is 8.36. The molecule has 0 aliphatic carbocycles. The summed E-state index contributed by atoms with van der Waals surface area (Å²) < 4.78 is 16.7. The third-order valence-corrected chi connectivity index (χ3v) is 2.99. The molecule has 0 aromatic rings. The van der Waals surface area contributed by atoms with Crippen molar-refractivity contribution < 1.29 is 9.09 Å². The van der Waals surface area contributed by atoms with Crippen molar-refractivity contribution in [3.8, 4) is 0 Å². The maximum Gasteiger partial charge on any atom is 0.205 e. The summed E-state index contributed by atoms with van der Waals surface area (Å²) in [6.45, 7) is 3.79. The Hall–Kier alpha value is -0.510. The van der Waals surface area contributed by atoms with E-state index in [0.29, 0.717) is 12.3 Å². The van der Waals surface area contributed by atoms with Gasteiger partial charge in [-0.15, -0.1) is 0 Å². The van der Waals surface area contributed by atoms with Gasteiger partial charge in [-0.1, -0.05) is 0 Å². The van der Waals surface area contributed by atoms with Gasteiger partial charge in [-0.2, -0.15) is 0 Å². The molecule has 0 bridgehead atoms. The van der Waals surface area contributed by atoms with Gasteiger partial charge in [0.1, 0.15) is 0 Å². The fourth-order valence-electron chi connectivity index (χ4n) is 0.953. The van der Waals surface area contributed by atoms with Gasteiger partial charge in [-0.25, -0.2) is 5.84 Å². The predicted molar refractivity (Wildman–Crippen MR) is 54.2 cm³/mol. The third kappa shape index (κ3) is 6.63. The smallest absolute Gasteiger partial charge is 0.205 e. The first-order chi connectivity index (χ1) is 5.87. The number of allylic oxidation sites excluding steroid dienone is 1. The first kappa shape index (κ1) is 12.5. The third-order valence-electron chi connectivity index (χ3n) is 1.24. The average Bonchev–Trinajstić information content (AvgIpc) is 1.81. The number of hydrogen-bond acceptors (Lipinski definition) is 5. The highest BCUT2D eigenvalue weighted by atomic mass is 31.2. The minimum absolute atomic E-state index is 0.238. The van der Waals surface area contributed by atoms with Gasteiger partial charge in [-0.05, 0) is 6.92 Å². The van der Waals surface area contributed by atoms with Gasteiger partial charge in [0.15, 0.2) is 0 Å². The van der Waals surface area contributed by atoms with Crippen molar-refractivity contribution in [1.82, 2.24) is 5.01 Å². The van der Waals surface area contributed by atoms with Crippen molar-refractivity contribution in [2.75, 3.05) is 26.5 Å². The summed E-state index contributed by atoms with van der Waals surface area (Å²) in [5.74, 6) is 5.33. The molecule has 0 spiro atoms. The van der Waals surface area contributed by atoms with Crippen molar-refractivity contribution in [3.63, 3.8) is 0 Å². The molecule has 0 heterocycles. The molecule has 0 saturated carbocycles. The molecule has 0 fully saturated rings. The zero-order valence-corrected chi connectivity index (χ0v) is 9.25. The molecule has 78 valence electrons. The minimum atomic E-state index is -2.58. The number of nitrogens with zero attached hydrogens (tertiary/aromatic N) is 1. The quantitative estimate of drug-likeness (QED) is 0.390. The largest absolute Gasteiger partial charge is 0.400 e. The van der Waals surface area contributed by atoms with Gasteiger partial charge in [-0.3, -0.25) is 4.57 Å². The molecule has 0 saturated heterocycles. The molecular formula is C7H18N3O2P. The summed E-state index contributed by atoms with van der Waals surface area (Å²) in [7, 11) is -0.933. The Kier molecular flexibility index (Phi) is 5.06. The van der Waals surface area contributed by atoms with E-state index in [2.05, 4.69) is 0 Å². The van der Waals surface area contributed by atoms with E-state index in [4.69, 9.17) is 16.1 Å². The van der Waals surface area contributed by atoms with Crippen LogP contribution in [0.15, 0.2) is 11.9 Å². The van der Waals surface area contributed by atoms with E-state index < -0.39 is 7.37 Å². The second-order valence-corrected chi connectivity index (χ2v) is 5.56. The Bertz CT molecular complexity index is 228. The fourth-order valence-corrected chi connectivity index (χ4v) is 2.34. The van der Waals surface area contributed by atoms with Crippen LogP contribution in [-0.2, 0) is 9.09 Å². The molecule has 0 aromatic heterocycles. The van der Waals surface area contributed by atoms with Crippen LogP contribution in [-0.4, -0.2) is 31.5 Å². The summed E-state index contributed by atoms with van der Waals surface area (Å²) in [5, 5.41) is 1.32.